The zero-order valence-corrected chi connectivity index (χ0v) is 19.2. The van der Waals surface area contributed by atoms with Gasteiger partial charge in [-0.2, -0.15) is 0 Å². The standard InChI is InChI=1S/C25H38O5/c1-14(29-15(2)26)20-8-9-21-19-7-6-17-12-18(30-16(3)27)10-11-24(17,4)23(19)22(28)13-25(20,21)5/h14,17-21,23H,6-13H2,1-5H3/t14-,17+,18-,19+,20-,21+,23-,24+,25-/m1/s1. The molecule has 0 aromatic carbocycles. The van der Waals surface area contributed by atoms with E-state index >= 15 is 0 Å². The Kier molecular flexibility index (Phi) is 5.55. The second-order valence-electron chi connectivity index (χ2n) is 11.2. The van der Waals surface area contributed by atoms with Crippen molar-refractivity contribution in [1.82, 2.24) is 0 Å². The first-order chi connectivity index (χ1) is 14.1. The molecule has 0 radical (unpaired) electrons. The molecule has 0 bridgehead atoms. The molecule has 4 saturated carbocycles. The van der Waals surface area contributed by atoms with Gasteiger partial charge in [-0.25, -0.2) is 0 Å². The molecule has 5 nitrogen and oxygen atoms in total. The van der Waals surface area contributed by atoms with Crippen LogP contribution in [0, 0.1) is 40.4 Å². The van der Waals surface area contributed by atoms with Gasteiger partial charge >= 0.3 is 11.9 Å². The van der Waals surface area contributed by atoms with E-state index in [0.717, 1.165) is 44.9 Å². The Morgan fingerprint density at radius 1 is 1.00 bits per heavy atom. The van der Waals surface area contributed by atoms with Crippen LogP contribution in [0.15, 0.2) is 0 Å². The van der Waals surface area contributed by atoms with Crippen molar-refractivity contribution in [2.24, 2.45) is 40.4 Å². The number of fused-ring (bicyclic) bond motifs is 5. The highest BCUT2D eigenvalue weighted by Gasteiger charge is 2.64. The molecule has 0 unspecified atom stereocenters. The lowest BCUT2D eigenvalue weighted by molar-refractivity contribution is -0.172. The first kappa shape index (κ1) is 21.8. The molecule has 0 N–H and O–H groups in total. The van der Waals surface area contributed by atoms with Crippen molar-refractivity contribution in [2.45, 2.75) is 98.2 Å². The van der Waals surface area contributed by atoms with E-state index in [1.54, 1.807) is 0 Å². The van der Waals surface area contributed by atoms with Gasteiger partial charge in [0.1, 0.15) is 18.0 Å². The molecular formula is C25H38O5. The normalized spacial score (nSPS) is 46.2. The predicted molar refractivity (Wildman–Crippen MR) is 112 cm³/mol. The van der Waals surface area contributed by atoms with E-state index in [0.29, 0.717) is 30.0 Å². The van der Waals surface area contributed by atoms with Crippen LogP contribution in [0.25, 0.3) is 0 Å². The summed E-state index contributed by atoms with van der Waals surface area (Å²) < 4.78 is 11.1. The molecule has 30 heavy (non-hydrogen) atoms. The van der Waals surface area contributed by atoms with E-state index in [9.17, 15) is 14.4 Å². The molecule has 0 aromatic heterocycles. The average molecular weight is 419 g/mol. The van der Waals surface area contributed by atoms with Gasteiger partial charge in [-0.15, -0.1) is 0 Å². The fraction of sp³-hybridized carbons (Fsp3) is 0.880. The number of hydrogen-bond donors (Lipinski definition) is 0. The van der Waals surface area contributed by atoms with Crippen LogP contribution in [-0.4, -0.2) is 29.9 Å². The fourth-order valence-corrected chi connectivity index (χ4v) is 8.53. The van der Waals surface area contributed by atoms with Gasteiger partial charge in [0.2, 0.25) is 0 Å². The summed E-state index contributed by atoms with van der Waals surface area (Å²) in [7, 11) is 0. The summed E-state index contributed by atoms with van der Waals surface area (Å²) >= 11 is 0. The third kappa shape index (κ3) is 3.40. The average Bonchev–Trinajstić information content (AvgIpc) is 2.97. The molecule has 9 atom stereocenters. The van der Waals surface area contributed by atoms with Crippen LogP contribution in [-0.2, 0) is 23.9 Å². The first-order valence-corrected chi connectivity index (χ1v) is 11.9. The van der Waals surface area contributed by atoms with Gasteiger partial charge in [-0.05, 0) is 80.5 Å². The van der Waals surface area contributed by atoms with Crippen molar-refractivity contribution in [1.29, 1.82) is 0 Å². The van der Waals surface area contributed by atoms with E-state index in [1.165, 1.54) is 13.8 Å². The SMILES string of the molecule is CC(=O)O[C@@H]1CC[C@@]2(C)[C@@H](CC[C@H]3[C@@H]4CC[C@H]([C@@H](C)OC(C)=O)[C@@]4(C)CC(=O)[C@@H]32)C1. The molecule has 168 valence electrons. The molecule has 0 aromatic rings. The highest BCUT2D eigenvalue weighted by molar-refractivity contribution is 5.84. The number of hydrogen-bond acceptors (Lipinski definition) is 5. The van der Waals surface area contributed by atoms with Crippen LogP contribution in [0.3, 0.4) is 0 Å². The van der Waals surface area contributed by atoms with Crippen LogP contribution in [0.2, 0.25) is 0 Å². The number of rotatable bonds is 3. The maximum atomic E-state index is 13.7. The molecule has 4 aliphatic carbocycles. The zero-order valence-electron chi connectivity index (χ0n) is 19.2. The van der Waals surface area contributed by atoms with Crippen LogP contribution in [0.1, 0.15) is 86.0 Å². The molecule has 4 fully saturated rings. The second-order valence-corrected chi connectivity index (χ2v) is 11.2. The Labute approximate surface area is 180 Å². The molecule has 0 heterocycles. The van der Waals surface area contributed by atoms with E-state index in [4.69, 9.17) is 9.47 Å². The van der Waals surface area contributed by atoms with Gasteiger partial charge < -0.3 is 9.47 Å². The minimum atomic E-state index is -0.230. The Bertz CT molecular complexity index is 731. The lowest BCUT2D eigenvalue weighted by Crippen LogP contribution is -2.58. The van der Waals surface area contributed by atoms with E-state index in [2.05, 4.69) is 13.8 Å². The summed E-state index contributed by atoms with van der Waals surface area (Å²) in [6, 6.07) is 0. The lowest BCUT2D eigenvalue weighted by Gasteiger charge is -2.60. The van der Waals surface area contributed by atoms with Crippen molar-refractivity contribution in [3.63, 3.8) is 0 Å². The van der Waals surface area contributed by atoms with Crippen molar-refractivity contribution >= 4 is 17.7 Å². The summed E-state index contributed by atoms with van der Waals surface area (Å²) in [5.74, 6) is 1.84. The number of esters is 2. The Morgan fingerprint density at radius 2 is 1.73 bits per heavy atom. The summed E-state index contributed by atoms with van der Waals surface area (Å²) in [5.41, 5.74) is -0.0389. The fourth-order valence-electron chi connectivity index (χ4n) is 8.53. The molecule has 0 amide bonds. The Hall–Kier alpha value is -1.39. The van der Waals surface area contributed by atoms with Crippen molar-refractivity contribution in [3.05, 3.63) is 0 Å². The van der Waals surface area contributed by atoms with Crippen molar-refractivity contribution < 1.29 is 23.9 Å². The first-order valence-electron chi connectivity index (χ1n) is 11.9. The monoisotopic (exact) mass is 418 g/mol. The molecule has 4 aliphatic rings. The number of carbonyl (C=O) groups excluding carboxylic acids is 3. The third-order valence-corrected chi connectivity index (χ3v) is 9.62. The van der Waals surface area contributed by atoms with Crippen molar-refractivity contribution in [2.75, 3.05) is 0 Å². The quantitative estimate of drug-likeness (QED) is 0.621. The lowest BCUT2D eigenvalue weighted by atomic mass is 9.44. The molecule has 0 aliphatic heterocycles. The largest absolute Gasteiger partial charge is 0.463 e. The zero-order chi connectivity index (χ0) is 21.8. The third-order valence-electron chi connectivity index (χ3n) is 9.62. The maximum absolute atomic E-state index is 13.7. The topological polar surface area (TPSA) is 69.7 Å². The van der Waals surface area contributed by atoms with E-state index in [-0.39, 0.29) is 46.8 Å². The highest BCUT2D eigenvalue weighted by atomic mass is 16.5. The molecule has 5 heteroatoms. The van der Waals surface area contributed by atoms with Gasteiger partial charge in [-0.1, -0.05) is 13.8 Å². The Balaban J connectivity index is 1.56. The van der Waals surface area contributed by atoms with Crippen LogP contribution in [0.5, 0.6) is 0 Å². The minimum Gasteiger partial charge on any atom is -0.463 e. The van der Waals surface area contributed by atoms with Crippen molar-refractivity contribution in [3.8, 4) is 0 Å². The maximum Gasteiger partial charge on any atom is 0.302 e. The number of ketones is 1. The predicted octanol–water partition coefficient (Wildman–Crippen LogP) is 4.71. The second kappa shape index (κ2) is 7.63. The van der Waals surface area contributed by atoms with Gasteiger partial charge in [0.05, 0.1) is 0 Å². The molecule has 0 saturated heterocycles. The number of ether oxygens (including phenoxy) is 2. The van der Waals surface area contributed by atoms with E-state index < -0.39 is 0 Å². The summed E-state index contributed by atoms with van der Waals surface area (Å²) in [6.45, 7) is 9.60. The molecule has 4 rings (SSSR count). The smallest absolute Gasteiger partial charge is 0.302 e. The van der Waals surface area contributed by atoms with Gasteiger partial charge in [0, 0.05) is 32.1 Å². The van der Waals surface area contributed by atoms with E-state index in [1.807, 2.05) is 6.92 Å². The Morgan fingerprint density at radius 3 is 2.40 bits per heavy atom. The molecular weight excluding hydrogens is 380 g/mol. The van der Waals surface area contributed by atoms with Gasteiger partial charge in [0.15, 0.2) is 0 Å². The van der Waals surface area contributed by atoms with Gasteiger partial charge in [-0.3, -0.25) is 14.4 Å². The highest BCUT2D eigenvalue weighted by Crippen LogP contribution is 2.67. The number of carbonyl (C=O) groups is 3. The van der Waals surface area contributed by atoms with Crippen LogP contribution < -0.4 is 0 Å². The van der Waals surface area contributed by atoms with Crippen LogP contribution >= 0.6 is 0 Å². The van der Waals surface area contributed by atoms with Gasteiger partial charge in [0.25, 0.3) is 0 Å². The summed E-state index contributed by atoms with van der Waals surface area (Å²) in [5, 5.41) is 0. The van der Waals surface area contributed by atoms with Crippen LogP contribution in [0.4, 0.5) is 0 Å². The minimum absolute atomic E-state index is 0.0153. The summed E-state index contributed by atoms with van der Waals surface area (Å²) in [6.07, 6.45) is 7.65. The summed E-state index contributed by atoms with van der Waals surface area (Å²) in [4.78, 5) is 36.7. The number of Topliss-reactive ketones (excluding diaryl/α,β-unsaturated/α-hetero) is 1. The molecule has 0 spiro atoms.